The monoisotopic (exact) mass is 242 g/mol. The summed E-state index contributed by atoms with van der Waals surface area (Å²) in [6, 6.07) is 3.77. The Morgan fingerprint density at radius 2 is 2.00 bits per heavy atom. The van der Waals surface area contributed by atoms with Crippen LogP contribution in [0.3, 0.4) is 0 Å². The van der Waals surface area contributed by atoms with E-state index >= 15 is 0 Å². The van der Waals surface area contributed by atoms with Crippen LogP contribution in [0.15, 0.2) is 18.3 Å². The van der Waals surface area contributed by atoms with Crippen LogP contribution in [0.25, 0.3) is 0 Å². The van der Waals surface area contributed by atoms with Gasteiger partial charge in [-0.15, -0.1) is 0 Å². The second kappa shape index (κ2) is 4.41. The second-order valence-corrected chi connectivity index (χ2v) is 7.26. The quantitative estimate of drug-likeness (QED) is 0.871. The van der Waals surface area contributed by atoms with Crippen LogP contribution in [-0.2, 0) is 9.84 Å². The SMILES string of the molecule is Cc1ccc(NCC(C)(C)S(C)(=O)=O)nc1. The third kappa shape index (κ3) is 3.20. The Bertz CT molecular complexity index is 449. The van der Waals surface area contributed by atoms with Gasteiger partial charge in [-0.3, -0.25) is 0 Å². The van der Waals surface area contributed by atoms with Gasteiger partial charge in [-0.25, -0.2) is 13.4 Å². The lowest BCUT2D eigenvalue weighted by Gasteiger charge is -2.22. The minimum absolute atomic E-state index is 0.349. The molecule has 16 heavy (non-hydrogen) atoms. The van der Waals surface area contributed by atoms with Crippen molar-refractivity contribution in [1.82, 2.24) is 4.98 Å². The van der Waals surface area contributed by atoms with E-state index in [9.17, 15) is 8.42 Å². The highest BCUT2D eigenvalue weighted by Gasteiger charge is 2.29. The first-order chi connectivity index (χ1) is 7.22. The summed E-state index contributed by atoms with van der Waals surface area (Å²) in [7, 11) is -3.07. The summed E-state index contributed by atoms with van der Waals surface area (Å²) in [4.78, 5) is 4.16. The number of rotatable bonds is 4. The van der Waals surface area contributed by atoms with E-state index in [0.717, 1.165) is 5.56 Å². The highest BCUT2D eigenvalue weighted by atomic mass is 32.2. The van der Waals surface area contributed by atoms with Crippen LogP contribution >= 0.6 is 0 Å². The number of nitrogens with zero attached hydrogens (tertiary/aromatic N) is 1. The maximum Gasteiger partial charge on any atom is 0.154 e. The molecule has 1 rings (SSSR count). The largest absolute Gasteiger partial charge is 0.369 e. The lowest BCUT2D eigenvalue weighted by Crippen LogP contribution is -2.38. The number of sulfone groups is 1. The highest BCUT2D eigenvalue weighted by molar-refractivity contribution is 7.92. The lowest BCUT2D eigenvalue weighted by atomic mass is 10.2. The molecule has 5 heteroatoms. The molecule has 0 aromatic carbocycles. The fourth-order valence-corrected chi connectivity index (χ4v) is 1.34. The van der Waals surface area contributed by atoms with E-state index in [1.54, 1.807) is 20.0 Å². The van der Waals surface area contributed by atoms with Crippen LogP contribution in [-0.4, -0.2) is 30.9 Å². The molecule has 4 nitrogen and oxygen atoms in total. The molecule has 0 aliphatic carbocycles. The molecule has 0 saturated heterocycles. The number of aryl methyl sites for hydroxylation is 1. The molecule has 0 aliphatic heterocycles. The van der Waals surface area contributed by atoms with Gasteiger partial charge in [0.25, 0.3) is 0 Å². The zero-order valence-corrected chi connectivity index (χ0v) is 10.9. The van der Waals surface area contributed by atoms with Crippen molar-refractivity contribution in [1.29, 1.82) is 0 Å². The molecule has 0 spiro atoms. The van der Waals surface area contributed by atoms with Gasteiger partial charge in [-0.2, -0.15) is 0 Å². The number of aromatic nitrogens is 1. The highest BCUT2D eigenvalue weighted by Crippen LogP contribution is 2.15. The van der Waals surface area contributed by atoms with Gasteiger partial charge >= 0.3 is 0 Å². The smallest absolute Gasteiger partial charge is 0.154 e. The fourth-order valence-electron chi connectivity index (χ4n) is 1.01. The predicted octanol–water partition coefficient (Wildman–Crippen LogP) is 1.63. The molecule has 0 amide bonds. The maximum atomic E-state index is 11.5. The first-order valence-electron chi connectivity index (χ1n) is 5.08. The Morgan fingerprint density at radius 3 is 2.44 bits per heavy atom. The Kier molecular flexibility index (Phi) is 3.57. The molecule has 0 fully saturated rings. The first kappa shape index (κ1) is 13.0. The molecule has 90 valence electrons. The zero-order chi connectivity index (χ0) is 12.4. The topological polar surface area (TPSA) is 59.1 Å². The zero-order valence-electron chi connectivity index (χ0n) is 10.1. The molecular weight excluding hydrogens is 224 g/mol. The third-order valence-electron chi connectivity index (χ3n) is 2.61. The fraction of sp³-hybridized carbons (Fsp3) is 0.545. The summed E-state index contributed by atoms with van der Waals surface area (Å²) >= 11 is 0. The van der Waals surface area contributed by atoms with Crippen LogP contribution in [0.2, 0.25) is 0 Å². The molecule has 0 aliphatic rings. The predicted molar refractivity (Wildman–Crippen MR) is 66.4 cm³/mol. The van der Waals surface area contributed by atoms with Gasteiger partial charge in [0.2, 0.25) is 0 Å². The van der Waals surface area contributed by atoms with E-state index in [2.05, 4.69) is 10.3 Å². The minimum atomic E-state index is -3.07. The molecule has 0 saturated carbocycles. The molecule has 1 aromatic heterocycles. The molecule has 1 N–H and O–H groups in total. The van der Waals surface area contributed by atoms with Crippen molar-refractivity contribution >= 4 is 15.7 Å². The first-order valence-corrected chi connectivity index (χ1v) is 6.98. The van der Waals surface area contributed by atoms with Gasteiger partial charge in [0.15, 0.2) is 9.84 Å². The normalized spacial score (nSPS) is 12.5. The third-order valence-corrected chi connectivity index (χ3v) is 4.76. The number of pyridine rings is 1. The number of hydrogen-bond donors (Lipinski definition) is 1. The van der Waals surface area contributed by atoms with Crippen molar-refractivity contribution in [2.45, 2.75) is 25.5 Å². The number of nitrogens with one attached hydrogen (secondary N) is 1. The van der Waals surface area contributed by atoms with E-state index in [1.165, 1.54) is 6.26 Å². The Morgan fingerprint density at radius 1 is 1.38 bits per heavy atom. The van der Waals surface area contributed by atoms with Gasteiger partial charge in [0.1, 0.15) is 5.82 Å². The van der Waals surface area contributed by atoms with Crippen LogP contribution in [0.5, 0.6) is 0 Å². The summed E-state index contributed by atoms with van der Waals surface area (Å²) in [6.07, 6.45) is 2.99. The van der Waals surface area contributed by atoms with Gasteiger partial charge in [-0.05, 0) is 32.4 Å². The summed E-state index contributed by atoms with van der Waals surface area (Å²) in [5, 5.41) is 3.03. The lowest BCUT2D eigenvalue weighted by molar-refractivity contribution is 0.559. The van der Waals surface area contributed by atoms with E-state index in [1.807, 2.05) is 19.1 Å². The average molecular weight is 242 g/mol. The van der Waals surface area contributed by atoms with Crippen LogP contribution < -0.4 is 5.32 Å². The molecular formula is C11H18N2O2S. The van der Waals surface area contributed by atoms with Gasteiger partial charge < -0.3 is 5.32 Å². The molecule has 0 unspecified atom stereocenters. The average Bonchev–Trinajstić information content (AvgIpc) is 2.15. The van der Waals surface area contributed by atoms with Gasteiger partial charge in [0, 0.05) is 19.0 Å². The van der Waals surface area contributed by atoms with Crippen molar-refractivity contribution in [3.8, 4) is 0 Å². The van der Waals surface area contributed by atoms with Crippen molar-refractivity contribution < 1.29 is 8.42 Å². The maximum absolute atomic E-state index is 11.5. The van der Waals surface area contributed by atoms with Crippen molar-refractivity contribution in [2.75, 3.05) is 18.1 Å². The Labute approximate surface area is 97.0 Å². The Hall–Kier alpha value is -1.10. The summed E-state index contributed by atoms with van der Waals surface area (Å²) < 4.78 is 22.1. The number of hydrogen-bond acceptors (Lipinski definition) is 4. The molecule has 0 bridgehead atoms. The van der Waals surface area contributed by atoms with Gasteiger partial charge in [0.05, 0.1) is 4.75 Å². The summed E-state index contributed by atoms with van der Waals surface area (Å²) in [5.41, 5.74) is 1.08. The van der Waals surface area contributed by atoms with Crippen LogP contribution in [0.4, 0.5) is 5.82 Å². The number of anilines is 1. The van der Waals surface area contributed by atoms with E-state index in [-0.39, 0.29) is 0 Å². The second-order valence-electron chi connectivity index (χ2n) is 4.61. The van der Waals surface area contributed by atoms with E-state index in [0.29, 0.717) is 12.4 Å². The van der Waals surface area contributed by atoms with Gasteiger partial charge in [-0.1, -0.05) is 6.07 Å². The molecule has 0 radical (unpaired) electrons. The standard InChI is InChI=1S/C11H18N2O2S/c1-9-5-6-10(12-7-9)13-8-11(2,3)16(4,14)15/h5-7H,8H2,1-4H3,(H,12,13). The molecule has 1 aromatic rings. The molecule has 0 atom stereocenters. The van der Waals surface area contributed by atoms with Crippen LogP contribution in [0, 0.1) is 6.92 Å². The van der Waals surface area contributed by atoms with Crippen LogP contribution in [0.1, 0.15) is 19.4 Å². The summed E-state index contributed by atoms with van der Waals surface area (Å²) in [5.74, 6) is 0.697. The van der Waals surface area contributed by atoms with Crippen molar-refractivity contribution in [3.63, 3.8) is 0 Å². The Balaban J connectivity index is 2.68. The van der Waals surface area contributed by atoms with E-state index < -0.39 is 14.6 Å². The minimum Gasteiger partial charge on any atom is -0.369 e. The van der Waals surface area contributed by atoms with Crippen molar-refractivity contribution in [2.24, 2.45) is 0 Å². The molecule has 1 heterocycles. The van der Waals surface area contributed by atoms with Crippen molar-refractivity contribution in [3.05, 3.63) is 23.9 Å². The van der Waals surface area contributed by atoms with E-state index in [4.69, 9.17) is 0 Å². The summed E-state index contributed by atoms with van der Waals surface area (Å²) in [6.45, 7) is 5.70.